The van der Waals surface area contributed by atoms with Gasteiger partial charge >= 0.3 is 12.2 Å². The Balaban J connectivity index is 1.01. The molecule has 4 aromatic rings. The van der Waals surface area contributed by atoms with Crippen LogP contribution in [0.15, 0.2) is 55.0 Å². The molecule has 10 heteroatoms. The number of ether oxygens (including phenoxy) is 1. The highest BCUT2D eigenvalue weighted by Crippen LogP contribution is 2.38. The fourth-order valence-corrected chi connectivity index (χ4v) is 6.17. The number of aromatic amines is 1. The topological polar surface area (TPSA) is 83.1 Å². The van der Waals surface area contributed by atoms with Gasteiger partial charge in [0.05, 0.1) is 23.9 Å². The number of fused-ring (bicyclic) bond motifs is 3. The number of carbonyl (C=O) groups is 1. The number of piperidine rings is 1. The number of nitrogens with one attached hydrogen (secondary N) is 2. The van der Waals surface area contributed by atoms with Gasteiger partial charge in [-0.2, -0.15) is 13.2 Å². The Morgan fingerprint density at radius 3 is 2.62 bits per heavy atom. The fraction of sp³-hybridized carbons (Fsp3) is 0.433. The van der Waals surface area contributed by atoms with E-state index < -0.39 is 11.7 Å². The number of benzene rings is 1. The van der Waals surface area contributed by atoms with Gasteiger partial charge in [0.2, 0.25) is 0 Å². The van der Waals surface area contributed by atoms with E-state index in [0.29, 0.717) is 31.4 Å². The Morgan fingerprint density at radius 1 is 1.05 bits per heavy atom. The minimum Gasteiger partial charge on any atom is -0.493 e. The predicted molar refractivity (Wildman–Crippen MR) is 146 cm³/mol. The molecular formula is C30H32F3N5O2. The van der Waals surface area contributed by atoms with Crippen molar-refractivity contribution in [3.63, 3.8) is 0 Å². The molecule has 6 rings (SSSR count). The van der Waals surface area contributed by atoms with E-state index in [1.165, 1.54) is 23.1 Å². The first-order valence-corrected chi connectivity index (χ1v) is 13.9. The summed E-state index contributed by atoms with van der Waals surface area (Å²) >= 11 is 0. The molecule has 0 radical (unpaired) electrons. The monoisotopic (exact) mass is 551 g/mol. The van der Waals surface area contributed by atoms with Crippen LogP contribution in [0.25, 0.3) is 21.9 Å². The number of hydrogen-bond donors (Lipinski definition) is 2. The summed E-state index contributed by atoms with van der Waals surface area (Å²) in [6.07, 6.45) is 6.82. The van der Waals surface area contributed by atoms with Crippen LogP contribution < -0.4 is 10.1 Å². The smallest absolute Gasteiger partial charge is 0.416 e. The molecule has 4 heterocycles. The number of nitrogens with zero attached hydrogens (tertiary/aromatic N) is 3. The Kier molecular flexibility index (Phi) is 7.25. The lowest BCUT2D eigenvalue weighted by Gasteiger charge is -2.35. The van der Waals surface area contributed by atoms with Crippen LogP contribution in [0.3, 0.4) is 0 Å². The Hall–Kier alpha value is -3.82. The number of likely N-dealkylation sites (tertiary alicyclic amines) is 1. The zero-order valence-electron chi connectivity index (χ0n) is 22.1. The molecule has 1 atom stereocenters. The van der Waals surface area contributed by atoms with Crippen molar-refractivity contribution in [3.05, 3.63) is 66.1 Å². The normalized spacial score (nSPS) is 22.0. The van der Waals surface area contributed by atoms with Gasteiger partial charge in [-0.15, -0.1) is 0 Å². The lowest BCUT2D eigenvalue weighted by molar-refractivity contribution is -0.137. The van der Waals surface area contributed by atoms with Crippen molar-refractivity contribution in [2.75, 3.05) is 19.7 Å². The van der Waals surface area contributed by atoms with Crippen molar-refractivity contribution in [2.24, 2.45) is 5.92 Å². The molecule has 2 amide bonds. The second-order valence-electron chi connectivity index (χ2n) is 10.9. The van der Waals surface area contributed by atoms with Gasteiger partial charge in [0.25, 0.3) is 0 Å². The number of hydrogen-bond acceptors (Lipinski definition) is 4. The third-order valence-electron chi connectivity index (χ3n) is 8.29. The van der Waals surface area contributed by atoms with Crippen LogP contribution in [0.5, 0.6) is 5.75 Å². The lowest BCUT2D eigenvalue weighted by Crippen LogP contribution is -2.50. The first-order chi connectivity index (χ1) is 19.3. The fourth-order valence-electron chi connectivity index (χ4n) is 6.17. The first-order valence-electron chi connectivity index (χ1n) is 13.9. The Morgan fingerprint density at radius 2 is 1.85 bits per heavy atom. The van der Waals surface area contributed by atoms with E-state index in [1.807, 2.05) is 23.5 Å². The molecule has 1 unspecified atom stereocenters. The Labute approximate surface area is 230 Å². The average molecular weight is 552 g/mol. The zero-order valence-corrected chi connectivity index (χ0v) is 22.1. The molecule has 210 valence electrons. The van der Waals surface area contributed by atoms with Crippen LogP contribution in [0.1, 0.15) is 55.6 Å². The quantitative estimate of drug-likeness (QED) is 0.291. The minimum absolute atomic E-state index is 0.0443. The maximum Gasteiger partial charge on any atom is 0.416 e. The molecule has 3 aromatic heterocycles. The maximum absolute atomic E-state index is 13.1. The van der Waals surface area contributed by atoms with Crippen LogP contribution in [-0.4, -0.2) is 51.6 Å². The van der Waals surface area contributed by atoms with Gasteiger partial charge in [-0.1, -0.05) is 0 Å². The average Bonchev–Trinajstić information content (AvgIpc) is 3.46. The summed E-state index contributed by atoms with van der Waals surface area (Å²) in [5.41, 5.74) is 2.38. The maximum atomic E-state index is 13.1. The predicted octanol–water partition coefficient (Wildman–Crippen LogP) is 6.66. The van der Waals surface area contributed by atoms with Crippen molar-refractivity contribution in [1.82, 2.24) is 25.2 Å². The molecule has 1 aliphatic carbocycles. The van der Waals surface area contributed by atoms with Crippen molar-refractivity contribution < 1.29 is 22.7 Å². The van der Waals surface area contributed by atoms with Gasteiger partial charge in [0, 0.05) is 48.2 Å². The standard InChI is InChI=1S/C30H32F3N5O2/c31-30(32,33)21-5-9-23(10-6-21)40-18-19-2-1-15-38(17-19)29(39)37-22-7-3-20(4-8-22)24-11-13-34-26-16-36-28-25(27(24)26)12-14-35-28/h5-6,9-14,16,19-20,22H,1-4,7-8,15,17-18H2,(H,35,36)(H,37,39). The first kappa shape index (κ1) is 26.4. The van der Waals surface area contributed by atoms with Crippen LogP contribution in [-0.2, 0) is 6.18 Å². The van der Waals surface area contributed by atoms with Crippen molar-refractivity contribution in [2.45, 2.75) is 56.7 Å². The van der Waals surface area contributed by atoms with Crippen LogP contribution in [0, 0.1) is 5.92 Å². The van der Waals surface area contributed by atoms with E-state index in [4.69, 9.17) is 4.74 Å². The van der Waals surface area contributed by atoms with E-state index in [9.17, 15) is 18.0 Å². The number of H-pyrrole nitrogens is 1. The summed E-state index contributed by atoms with van der Waals surface area (Å²) in [5.74, 6) is 0.944. The number of alkyl halides is 3. The summed E-state index contributed by atoms with van der Waals surface area (Å²) < 4.78 is 44.1. The molecule has 0 bridgehead atoms. The van der Waals surface area contributed by atoms with Gasteiger partial charge in [0.15, 0.2) is 0 Å². The highest BCUT2D eigenvalue weighted by Gasteiger charge is 2.31. The number of aromatic nitrogens is 3. The molecule has 2 aliphatic rings. The van der Waals surface area contributed by atoms with E-state index in [0.717, 1.165) is 67.2 Å². The van der Waals surface area contributed by atoms with Crippen molar-refractivity contribution >= 4 is 28.0 Å². The summed E-state index contributed by atoms with van der Waals surface area (Å²) in [6.45, 7) is 1.64. The summed E-state index contributed by atoms with van der Waals surface area (Å²) in [6, 6.07) is 9.02. The van der Waals surface area contributed by atoms with Gasteiger partial charge in [-0.25, -0.2) is 9.78 Å². The second-order valence-corrected chi connectivity index (χ2v) is 10.9. The van der Waals surface area contributed by atoms with Gasteiger partial charge < -0.3 is 19.9 Å². The summed E-state index contributed by atoms with van der Waals surface area (Å²) in [5, 5.41) is 5.51. The number of carbonyl (C=O) groups excluding carboxylic acids is 1. The van der Waals surface area contributed by atoms with E-state index in [2.05, 4.69) is 32.4 Å². The number of halogens is 3. The second kappa shape index (κ2) is 11.0. The van der Waals surface area contributed by atoms with Gasteiger partial charge in [-0.3, -0.25) is 4.98 Å². The molecule has 2 N–H and O–H groups in total. The molecular weight excluding hydrogens is 519 g/mol. The minimum atomic E-state index is -4.37. The van der Waals surface area contributed by atoms with Crippen LogP contribution in [0.2, 0.25) is 0 Å². The molecule has 7 nitrogen and oxygen atoms in total. The highest BCUT2D eigenvalue weighted by atomic mass is 19.4. The highest BCUT2D eigenvalue weighted by molar-refractivity contribution is 6.05. The third kappa shape index (κ3) is 5.57. The number of pyridine rings is 2. The summed E-state index contributed by atoms with van der Waals surface area (Å²) in [7, 11) is 0. The van der Waals surface area contributed by atoms with Crippen molar-refractivity contribution in [1.29, 1.82) is 0 Å². The largest absolute Gasteiger partial charge is 0.493 e. The molecule has 40 heavy (non-hydrogen) atoms. The van der Waals surface area contributed by atoms with E-state index >= 15 is 0 Å². The number of amides is 2. The van der Waals surface area contributed by atoms with E-state index in [1.54, 1.807) is 0 Å². The molecule has 1 saturated heterocycles. The molecule has 2 fully saturated rings. The lowest BCUT2D eigenvalue weighted by atomic mass is 9.80. The number of urea groups is 1. The third-order valence-corrected chi connectivity index (χ3v) is 8.29. The van der Waals surface area contributed by atoms with Gasteiger partial charge in [0.1, 0.15) is 11.4 Å². The SMILES string of the molecule is O=C(NC1CCC(c2ccnc3cnc4[nH]ccc4c23)CC1)N1CCCC(COc2ccc(C(F)(F)F)cc2)C1. The molecule has 1 aliphatic heterocycles. The van der Waals surface area contributed by atoms with Gasteiger partial charge in [-0.05, 0) is 86.4 Å². The van der Waals surface area contributed by atoms with Crippen LogP contribution in [0.4, 0.5) is 18.0 Å². The Bertz CT molecular complexity index is 1480. The number of rotatable bonds is 5. The molecule has 0 spiro atoms. The van der Waals surface area contributed by atoms with Crippen LogP contribution >= 0.6 is 0 Å². The van der Waals surface area contributed by atoms with Crippen molar-refractivity contribution in [3.8, 4) is 5.75 Å². The molecule has 1 saturated carbocycles. The molecule has 1 aromatic carbocycles. The summed E-state index contributed by atoms with van der Waals surface area (Å²) in [4.78, 5) is 27.2. The van der Waals surface area contributed by atoms with E-state index in [-0.39, 0.29) is 18.0 Å². The zero-order chi connectivity index (χ0) is 27.7.